The molecular weight excluding hydrogens is 300 g/mol. The van der Waals surface area contributed by atoms with Crippen molar-refractivity contribution < 1.29 is 9.47 Å². The van der Waals surface area contributed by atoms with Crippen molar-refractivity contribution in [3.63, 3.8) is 0 Å². The summed E-state index contributed by atoms with van der Waals surface area (Å²) in [6, 6.07) is 16.3. The molecule has 0 amide bonds. The van der Waals surface area contributed by atoms with Gasteiger partial charge < -0.3 is 19.8 Å². The Morgan fingerprint density at radius 1 is 1.04 bits per heavy atom. The van der Waals surface area contributed by atoms with Crippen LogP contribution in [-0.2, 0) is 6.42 Å². The van der Waals surface area contributed by atoms with Gasteiger partial charge in [0.2, 0.25) is 0 Å². The fourth-order valence-corrected chi connectivity index (χ4v) is 3.17. The SMILES string of the molecule is c1ccc2c(c1)OCC(CNCCCc1c[nH]c3ccccc13)O2. The number of H-pyrrole nitrogens is 1. The molecule has 2 N–H and O–H groups in total. The quantitative estimate of drug-likeness (QED) is 0.683. The summed E-state index contributed by atoms with van der Waals surface area (Å²) < 4.78 is 11.7. The Balaban J connectivity index is 1.21. The van der Waals surface area contributed by atoms with Gasteiger partial charge in [0.25, 0.3) is 0 Å². The lowest BCUT2D eigenvalue weighted by Crippen LogP contribution is -2.38. The van der Waals surface area contributed by atoms with Crippen LogP contribution in [0.25, 0.3) is 10.9 Å². The number of aromatic nitrogens is 1. The topological polar surface area (TPSA) is 46.3 Å². The Bertz CT molecular complexity index is 812. The maximum absolute atomic E-state index is 5.95. The van der Waals surface area contributed by atoms with Crippen molar-refractivity contribution >= 4 is 10.9 Å². The smallest absolute Gasteiger partial charge is 0.161 e. The number of hydrogen-bond acceptors (Lipinski definition) is 3. The highest BCUT2D eigenvalue weighted by Crippen LogP contribution is 2.30. The van der Waals surface area contributed by atoms with Gasteiger partial charge in [-0.15, -0.1) is 0 Å². The van der Waals surface area contributed by atoms with Crippen LogP contribution >= 0.6 is 0 Å². The zero-order valence-corrected chi connectivity index (χ0v) is 13.6. The van der Waals surface area contributed by atoms with Gasteiger partial charge in [-0.2, -0.15) is 0 Å². The molecule has 1 aliphatic heterocycles. The van der Waals surface area contributed by atoms with Gasteiger partial charge >= 0.3 is 0 Å². The van der Waals surface area contributed by atoms with Crippen LogP contribution in [0, 0.1) is 0 Å². The van der Waals surface area contributed by atoms with Crippen LogP contribution in [0.15, 0.2) is 54.7 Å². The third-order valence-corrected chi connectivity index (χ3v) is 4.41. The van der Waals surface area contributed by atoms with E-state index >= 15 is 0 Å². The van der Waals surface area contributed by atoms with E-state index in [1.54, 1.807) is 0 Å². The maximum Gasteiger partial charge on any atom is 0.161 e. The lowest BCUT2D eigenvalue weighted by Gasteiger charge is -2.26. The van der Waals surface area contributed by atoms with E-state index in [1.807, 2.05) is 24.3 Å². The first-order chi connectivity index (χ1) is 11.9. The van der Waals surface area contributed by atoms with Gasteiger partial charge in [-0.3, -0.25) is 0 Å². The molecule has 4 rings (SSSR count). The van der Waals surface area contributed by atoms with Crippen molar-refractivity contribution in [3.05, 3.63) is 60.3 Å². The summed E-state index contributed by atoms with van der Waals surface area (Å²) in [5.74, 6) is 1.68. The molecule has 0 bridgehead atoms. The fourth-order valence-electron chi connectivity index (χ4n) is 3.17. The average Bonchev–Trinajstić information content (AvgIpc) is 3.05. The molecule has 1 atom stereocenters. The molecular formula is C20H22N2O2. The Morgan fingerprint density at radius 3 is 2.83 bits per heavy atom. The maximum atomic E-state index is 5.95. The van der Waals surface area contributed by atoms with Crippen LogP contribution in [-0.4, -0.2) is 30.8 Å². The molecule has 0 radical (unpaired) electrons. The molecule has 4 nitrogen and oxygen atoms in total. The molecule has 0 saturated carbocycles. The van der Waals surface area contributed by atoms with Crippen molar-refractivity contribution in [1.29, 1.82) is 0 Å². The van der Waals surface area contributed by atoms with Crippen molar-refractivity contribution in [2.24, 2.45) is 0 Å². The highest BCUT2D eigenvalue weighted by Gasteiger charge is 2.19. The largest absolute Gasteiger partial charge is 0.486 e. The van der Waals surface area contributed by atoms with Crippen LogP contribution in [0.5, 0.6) is 11.5 Å². The molecule has 0 saturated heterocycles. The van der Waals surface area contributed by atoms with Gasteiger partial charge in [-0.05, 0) is 43.1 Å². The Morgan fingerprint density at radius 2 is 1.88 bits per heavy atom. The standard InChI is InChI=1S/C20H22N2O2/c1-2-8-18-17(7-1)15(12-22-18)6-5-11-21-13-16-14-23-19-9-3-4-10-20(19)24-16/h1-4,7-10,12,16,21-22H,5-6,11,13-14H2. The van der Waals surface area contributed by atoms with Crippen LogP contribution < -0.4 is 14.8 Å². The molecule has 1 aliphatic rings. The second-order valence-corrected chi connectivity index (χ2v) is 6.16. The molecule has 24 heavy (non-hydrogen) atoms. The number of benzene rings is 2. The predicted molar refractivity (Wildman–Crippen MR) is 95.8 cm³/mol. The van der Waals surface area contributed by atoms with E-state index in [2.05, 4.69) is 40.8 Å². The summed E-state index contributed by atoms with van der Waals surface area (Å²) in [4.78, 5) is 3.33. The molecule has 4 heteroatoms. The minimum absolute atomic E-state index is 0.0768. The summed E-state index contributed by atoms with van der Waals surface area (Å²) in [7, 11) is 0. The predicted octanol–water partition coefficient (Wildman–Crippen LogP) is 3.53. The lowest BCUT2D eigenvalue weighted by atomic mass is 10.1. The number of aryl methyl sites for hydroxylation is 1. The van der Waals surface area contributed by atoms with Gasteiger partial charge in [0.15, 0.2) is 11.5 Å². The van der Waals surface area contributed by atoms with Crippen molar-refractivity contribution in [2.45, 2.75) is 18.9 Å². The monoisotopic (exact) mass is 322 g/mol. The Labute approximate surface area is 141 Å². The fraction of sp³-hybridized carbons (Fsp3) is 0.300. The van der Waals surface area contributed by atoms with Gasteiger partial charge in [0.05, 0.1) is 0 Å². The van der Waals surface area contributed by atoms with Crippen LogP contribution in [0.2, 0.25) is 0 Å². The summed E-state index contributed by atoms with van der Waals surface area (Å²) in [6.07, 6.45) is 4.38. The number of hydrogen-bond donors (Lipinski definition) is 2. The number of ether oxygens (including phenoxy) is 2. The van der Waals surface area contributed by atoms with Gasteiger partial charge in [0, 0.05) is 23.6 Å². The first kappa shape index (κ1) is 15.1. The Hall–Kier alpha value is -2.46. The van der Waals surface area contributed by atoms with Crippen molar-refractivity contribution in [2.75, 3.05) is 19.7 Å². The van der Waals surface area contributed by atoms with Gasteiger partial charge in [-0.1, -0.05) is 30.3 Å². The van der Waals surface area contributed by atoms with Gasteiger partial charge in [-0.25, -0.2) is 0 Å². The molecule has 1 unspecified atom stereocenters. The second kappa shape index (κ2) is 6.97. The molecule has 2 aromatic carbocycles. The first-order valence-corrected chi connectivity index (χ1v) is 8.54. The highest BCUT2D eigenvalue weighted by atomic mass is 16.6. The minimum Gasteiger partial charge on any atom is -0.486 e. The Kier molecular flexibility index (Phi) is 4.38. The molecule has 0 aliphatic carbocycles. The van der Waals surface area contributed by atoms with E-state index in [0.29, 0.717) is 6.61 Å². The number of fused-ring (bicyclic) bond motifs is 2. The molecule has 124 valence electrons. The van der Waals surface area contributed by atoms with Gasteiger partial charge in [0.1, 0.15) is 12.7 Å². The van der Waals surface area contributed by atoms with E-state index in [4.69, 9.17) is 9.47 Å². The molecule has 2 heterocycles. The van der Waals surface area contributed by atoms with Crippen molar-refractivity contribution in [3.8, 4) is 11.5 Å². The first-order valence-electron chi connectivity index (χ1n) is 8.54. The summed E-state index contributed by atoms with van der Waals surface area (Å²) >= 11 is 0. The van der Waals surface area contributed by atoms with E-state index in [-0.39, 0.29) is 6.10 Å². The second-order valence-electron chi connectivity index (χ2n) is 6.16. The molecule has 0 spiro atoms. The third kappa shape index (κ3) is 3.24. The summed E-state index contributed by atoms with van der Waals surface area (Å²) in [6.45, 7) is 2.38. The number of para-hydroxylation sites is 3. The zero-order chi connectivity index (χ0) is 16.2. The average molecular weight is 322 g/mol. The molecule has 3 aromatic rings. The summed E-state index contributed by atoms with van der Waals surface area (Å²) in [5, 5.41) is 4.81. The van der Waals surface area contributed by atoms with Crippen LogP contribution in [0.4, 0.5) is 0 Å². The zero-order valence-electron chi connectivity index (χ0n) is 13.6. The van der Waals surface area contributed by atoms with Crippen LogP contribution in [0.3, 0.4) is 0 Å². The number of nitrogens with one attached hydrogen (secondary N) is 2. The molecule has 1 aromatic heterocycles. The van der Waals surface area contributed by atoms with Crippen molar-refractivity contribution in [1.82, 2.24) is 10.3 Å². The van der Waals surface area contributed by atoms with E-state index < -0.39 is 0 Å². The number of aromatic amines is 1. The summed E-state index contributed by atoms with van der Waals surface area (Å²) in [5.41, 5.74) is 2.60. The van der Waals surface area contributed by atoms with E-state index in [9.17, 15) is 0 Å². The van der Waals surface area contributed by atoms with E-state index in [1.165, 1.54) is 16.5 Å². The minimum atomic E-state index is 0.0768. The molecule has 0 fully saturated rings. The third-order valence-electron chi connectivity index (χ3n) is 4.41. The van der Waals surface area contributed by atoms with E-state index in [0.717, 1.165) is 37.4 Å². The highest BCUT2D eigenvalue weighted by molar-refractivity contribution is 5.82. The lowest BCUT2D eigenvalue weighted by molar-refractivity contribution is 0.0905. The number of rotatable bonds is 6. The normalized spacial score (nSPS) is 16.4. The van der Waals surface area contributed by atoms with Crippen LogP contribution in [0.1, 0.15) is 12.0 Å².